The van der Waals surface area contributed by atoms with E-state index in [1.165, 1.54) is 6.20 Å². The van der Waals surface area contributed by atoms with E-state index in [-0.39, 0.29) is 22.3 Å². The number of fused-ring (bicyclic) bond motifs is 1. The van der Waals surface area contributed by atoms with Crippen LogP contribution in [0.3, 0.4) is 0 Å². The predicted octanol–water partition coefficient (Wildman–Crippen LogP) is -2.32. The molecule has 1 aromatic rings. The Hall–Kier alpha value is -3.12. The van der Waals surface area contributed by atoms with Crippen molar-refractivity contribution in [3.8, 4) is 11.8 Å². The lowest BCUT2D eigenvalue weighted by Gasteiger charge is -2.18. The molecule has 128 valence electrons. The van der Waals surface area contributed by atoms with E-state index < -0.39 is 17.7 Å². The van der Waals surface area contributed by atoms with Crippen LogP contribution in [0.1, 0.15) is 23.7 Å². The number of amides is 3. The van der Waals surface area contributed by atoms with Crippen molar-refractivity contribution in [3.63, 3.8) is 0 Å². The zero-order chi connectivity index (χ0) is 18.0. The van der Waals surface area contributed by atoms with Gasteiger partial charge >= 0.3 is 11.8 Å². The van der Waals surface area contributed by atoms with E-state index >= 15 is 0 Å². The molecule has 3 N–H and O–H groups in total. The lowest BCUT2D eigenvalue weighted by Crippen LogP contribution is -2.44. The molecule has 0 spiro atoms. The third-order valence-corrected chi connectivity index (χ3v) is 4.03. The third kappa shape index (κ3) is 3.25. The molecule has 1 aromatic heterocycles. The van der Waals surface area contributed by atoms with Crippen LogP contribution in [0.4, 0.5) is 5.82 Å². The number of rotatable bonds is 4. The van der Waals surface area contributed by atoms with Crippen LogP contribution in [0, 0.1) is 11.8 Å². The first-order valence-electron chi connectivity index (χ1n) is 7.73. The fourth-order valence-corrected chi connectivity index (χ4v) is 2.81. The first kappa shape index (κ1) is 16.7. The summed E-state index contributed by atoms with van der Waals surface area (Å²) in [6.45, 7) is 3.69. The predicted molar refractivity (Wildman–Crippen MR) is 87.2 cm³/mol. The van der Waals surface area contributed by atoms with Crippen LogP contribution in [0.2, 0.25) is 0 Å². The molecule has 0 saturated carbocycles. The Morgan fingerprint density at radius 1 is 1.36 bits per heavy atom. The van der Waals surface area contributed by atoms with E-state index in [1.807, 2.05) is 4.90 Å². The molecule has 0 bridgehead atoms. The number of carbonyl (C=O) groups excluding carboxylic acids is 3. The van der Waals surface area contributed by atoms with Gasteiger partial charge in [-0.2, -0.15) is 4.99 Å². The van der Waals surface area contributed by atoms with Crippen molar-refractivity contribution < 1.29 is 14.4 Å². The zero-order valence-corrected chi connectivity index (χ0v) is 13.6. The molecule has 0 aliphatic carbocycles. The molecule has 0 aromatic carbocycles. The molecular weight excluding hydrogens is 324 g/mol. The summed E-state index contributed by atoms with van der Waals surface area (Å²) in [5.41, 5.74) is 5.27. The maximum Gasteiger partial charge on any atom is 0.338 e. The summed E-state index contributed by atoms with van der Waals surface area (Å²) in [6.07, 6.45) is 2.13. The van der Waals surface area contributed by atoms with Gasteiger partial charge in [-0.15, -0.1) is 5.92 Å². The number of aromatic nitrogens is 1. The van der Waals surface area contributed by atoms with Crippen LogP contribution in [0.5, 0.6) is 0 Å². The van der Waals surface area contributed by atoms with E-state index in [0.717, 1.165) is 6.42 Å². The molecule has 9 nitrogen and oxygen atoms in total. The van der Waals surface area contributed by atoms with Gasteiger partial charge in [0.05, 0.1) is 12.1 Å². The lowest BCUT2D eigenvalue weighted by molar-refractivity contribution is -0.135. The number of nitrogens with zero attached hydrogens (tertiary/aromatic N) is 4. The number of primary amides is 1. The number of nitrogens with one attached hydrogen (secondary N) is 1. The van der Waals surface area contributed by atoms with Crippen molar-refractivity contribution in [3.05, 3.63) is 22.5 Å². The van der Waals surface area contributed by atoms with Gasteiger partial charge in [0.1, 0.15) is 10.7 Å². The SMILES string of the molecule is CC#CCN[C@@H]1CCN(c2ncc(C(N)=O)c3c2=NC(=O)C(=O)N=3)C1. The van der Waals surface area contributed by atoms with Gasteiger partial charge in [-0.25, -0.2) is 9.98 Å². The highest BCUT2D eigenvalue weighted by Crippen LogP contribution is 2.14. The average molecular weight is 340 g/mol. The van der Waals surface area contributed by atoms with E-state index in [2.05, 4.69) is 32.1 Å². The summed E-state index contributed by atoms with van der Waals surface area (Å²) in [6, 6.07) is 0.215. The van der Waals surface area contributed by atoms with Gasteiger partial charge in [0.25, 0.3) is 5.91 Å². The normalized spacial score (nSPS) is 18.8. The molecule has 0 radical (unpaired) electrons. The Bertz CT molecular complexity index is 943. The van der Waals surface area contributed by atoms with Crippen LogP contribution >= 0.6 is 0 Å². The highest BCUT2D eigenvalue weighted by atomic mass is 16.2. The smallest absolute Gasteiger partial charge is 0.338 e. The Morgan fingerprint density at radius 3 is 2.76 bits per heavy atom. The van der Waals surface area contributed by atoms with Crippen LogP contribution < -0.4 is 26.7 Å². The van der Waals surface area contributed by atoms with Crippen molar-refractivity contribution in [1.29, 1.82) is 0 Å². The monoisotopic (exact) mass is 340 g/mol. The zero-order valence-electron chi connectivity index (χ0n) is 13.6. The molecule has 9 heteroatoms. The minimum absolute atomic E-state index is 0.00959. The van der Waals surface area contributed by atoms with E-state index in [4.69, 9.17) is 5.73 Å². The van der Waals surface area contributed by atoms with Gasteiger partial charge in [0.2, 0.25) is 0 Å². The Balaban J connectivity index is 1.98. The van der Waals surface area contributed by atoms with E-state index in [1.54, 1.807) is 6.92 Å². The second-order valence-corrected chi connectivity index (χ2v) is 5.63. The molecule has 2 aliphatic heterocycles. The summed E-state index contributed by atoms with van der Waals surface area (Å²) >= 11 is 0. The largest absolute Gasteiger partial charge is 0.365 e. The molecule has 1 atom stereocenters. The summed E-state index contributed by atoms with van der Waals surface area (Å²) in [4.78, 5) is 48.4. The number of hydrogen-bond acceptors (Lipinski definition) is 6. The Labute approximate surface area is 143 Å². The van der Waals surface area contributed by atoms with Gasteiger partial charge in [0.15, 0.2) is 5.82 Å². The third-order valence-electron chi connectivity index (χ3n) is 4.03. The molecule has 1 fully saturated rings. The second-order valence-electron chi connectivity index (χ2n) is 5.63. The van der Waals surface area contributed by atoms with Crippen molar-refractivity contribution >= 4 is 23.5 Å². The topological polar surface area (TPSA) is 130 Å². The molecule has 3 amide bonds. The van der Waals surface area contributed by atoms with Crippen molar-refractivity contribution in [1.82, 2.24) is 10.3 Å². The summed E-state index contributed by atoms with van der Waals surface area (Å²) in [5, 5.41) is 3.45. The maximum absolute atomic E-state index is 11.6. The number of hydrogen-bond donors (Lipinski definition) is 2. The number of carbonyl (C=O) groups is 3. The first-order valence-corrected chi connectivity index (χ1v) is 7.73. The second kappa shape index (κ2) is 6.78. The first-order chi connectivity index (χ1) is 12.0. The summed E-state index contributed by atoms with van der Waals surface area (Å²) in [5.74, 6) is 3.40. The minimum atomic E-state index is -1.02. The van der Waals surface area contributed by atoms with Crippen molar-refractivity contribution in [2.75, 3.05) is 24.5 Å². The Kier molecular flexibility index (Phi) is 4.54. The van der Waals surface area contributed by atoms with Crippen LogP contribution in [-0.4, -0.2) is 48.4 Å². The molecule has 25 heavy (non-hydrogen) atoms. The number of pyridine rings is 1. The molecule has 2 aliphatic rings. The highest BCUT2D eigenvalue weighted by molar-refractivity contribution is 6.36. The van der Waals surface area contributed by atoms with Gasteiger partial charge in [-0.3, -0.25) is 14.4 Å². The molecule has 3 rings (SSSR count). The van der Waals surface area contributed by atoms with Gasteiger partial charge in [0, 0.05) is 25.3 Å². The fraction of sp³-hybridized carbons (Fsp3) is 0.375. The van der Waals surface area contributed by atoms with Crippen LogP contribution in [-0.2, 0) is 9.59 Å². The van der Waals surface area contributed by atoms with Crippen LogP contribution in [0.25, 0.3) is 0 Å². The van der Waals surface area contributed by atoms with Gasteiger partial charge < -0.3 is 16.0 Å². The Morgan fingerprint density at radius 2 is 2.08 bits per heavy atom. The maximum atomic E-state index is 11.6. The minimum Gasteiger partial charge on any atom is -0.365 e. The molecule has 3 heterocycles. The van der Waals surface area contributed by atoms with Gasteiger partial charge in [-0.05, 0) is 13.3 Å². The molecule has 1 saturated heterocycles. The average Bonchev–Trinajstić information content (AvgIpc) is 3.04. The lowest BCUT2D eigenvalue weighted by atomic mass is 10.2. The van der Waals surface area contributed by atoms with E-state index in [9.17, 15) is 14.4 Å². The molecular formula is C16H16N6O3. The summed E-state index contributed by atoms with van der Waals surface area (Å²) in [7, 11) is 0. The van der Waals surface area contributed by atoms with Crippen molar-refractivity contribution in [2.45, 2.75) is 19.4 Å². The number of nitrogens with two attached hydrogens (primary N) is 1. The van der Waals surface area contributed by atoms with Gasteiger partial charge in [-0.1, -0.05) is 5.92 Å². The standard InChI is InChI=1S/C16H16N6O3/c1-2-3-5-18-9-4-6-22(8-9)14-12-11(10(7-19-14)13(17)23)20-15(24)16(25)21-12/h7,9,18H,4-6,8H2,1H3,(H2,17,23)/t9-/m1/s1. The number of anilines is 1. The highest BCUT2D eigenvalue weighted by Gasteiger charge is 2.27. The summed E-state index contributed by atoms with van der Waals surface area (Å²) < 4.78 is 0. The molecule has 0 unspecified atom stereocenters. The van der Waals surface area contributed by atoms with Crippen LogP contribution in [0.15, 0.2) is 16.2 Å². The van der Waals surface area contributed by atoms with Crippen molar-refractivity contribution in [2.24, 2.45) is 15.7 Å². The van der Waals surface area contributed by atoms with E-state index in [0.29, 0.717) is 25.5 Å². The quantitative estimate of drug-likeness (QED) is 0.467. The fourth-order valence-electron chi connectivity index (χ4n) is 2.81.